The van der Waals surface area contributed by atoms with E-state index in [2.05, 4.69) is 25.0 Å². The van der Waals surface area contributed by atoms with Crippen LogP contribution < -0.4 is 0 Å². The Hall–Kier alpha value is -0.200. The average molecular weight is 480 g/mol. The minimum Gasteiger partial charge on any atom is -0.465 e. The third-order valence-electron chi connectivity index (χ3n) is 5.19. The summed E-state index contributed by atoms with van der Waals surface area (Å²) in [7, 11) is 3.82. The number of piperidine rings is 1. The molecule has 4 nitrogen and oxygen atoms in total. The molecule has 6 heteroatoms. The Morgan fingerprint density at radius 2 is 1.65 bits per heavy atom. The largest absolute Gasteiger partial charge is 0.465 e. The summed E-state index contributed by atoms with van der Waals surface area (Å²) in [5, 5.41) is 0. The second-order valence-electron chi connectivity index (χ2n) is 7.21. The first kappa shape index (κ1) is 35.4. The van der Waals surface area contributed by atoms with Crippen molar-refractivity contribution >= 4 is 34.3 Å². The molecule has 0 N–H and O–H groups in total. The second kappa shape index (κ2) is 29.8. The number of unbranched alkanes of at least 4 members (excludes halogenated alkanes) is 1. The van der Waals surface area contributed by atoms with Crippen molar-refractivity contribution in [3.8, 4) is 0 Å². The molecule has 0 aromatic carbocycles. The van der Waals surface area contributed by atoms with Crippen LogP contribution in [-0.4, -0.2) is 55.9 Å². The van der Waals surface area contributed by atoms with E-state index in [4.69, 9.17) is 9.53 Å². The number of carbonyl (C=O) groups is 2. The fraction of sp³-hybridized carbons (Fsp3) is 0.920. The maximum Gasteiger partial charge on any atom is 0.308 e. The van der Waals surface area contributed by atoms with Crippen molar-refractivity contribution in [2.45, 2.75) is 99.3 Å². The first-order valence-corrected chi connectivity index (χ1v) is 15.3. The van der Waals surface area contributed by atoms with E-state index < -0.39 is 0 Å². The van der Waals surface area contributed by atoms with Crippen LogP contribution in [0.1, 0.15) is 99.3 Å². The Kier molecular flexibility index (Phi) is 34.0. The van der Waals surface area contributed by atoms with Crippen LogP contribution >= 0.6 is 21.6 Å². The number of nitrogens with zero attached hydrogens (tertiary/aromatic N) is 1. The van der Waals surface area contributed by atoms with Gasteiger partial charge in [0, 0.05) is 12.3 Å². The summed E-state index contributed by atoms with van der Waals surface area (Å²) < 4.78 is 5.58. The number of ether oxygens (including phenoxy) is 1. The summed E-state index contributed by atoms with van der Waals surface area (Å²) in [6.07, 6.45) is 12.4. The van der Waals surface area contributed by atoms with Crippen molar-refractivity contribution < 1.29 is 14.3 Å². The third kappa shape index (κ3) is 21.4. The summed E-state index contributed by atoms with van der Waals surface area (Å²) in [5.74, 6) is 2.25. The Bertz CT molecular complexity index is 352. The van der Waals surface area contributed by atoms with Gasteiger partial charge in [0.05, 0.1) is 12.5 Å². The highest BCUT2D eigenvalue weighted by Gasteiger charge is 2.20. The standard InChI is InChI=1S/C20H39NO2S2.2C2H6.CH2O/c1-4-6-10-19(8-5-2)20(22)23-16-7-9-18-11-13-21(14-12-18)15-17-25-24-3;3*1-2/h18-19H,4-17H2,1-3H3;2*1-2H3;1H2. The minimum absolute atomic E-state index is 0.0522. The van der Waals surface area contributed by atoms with E-state index in [1.54, 1.807) is 0 Å². The highest BCUT2D eigenvalue weighted by atomic mass is 33.1. The van der Waals surface area contributed by atoms with E-state index in [0.717, 1.165) is 44.4 Å². The van der Waals surface area contributed by atoms with E-state index in [0.29, 0.717) is 6.61 Å². The van der Waals surface area contributed by atoms with E-state index in [1.807, 2.05) is 56.1 Å². The lowest BCUT2D eigenvalue weighted by molar-refractivity contribution is -0.149. The molecular weight excluding hydrogens is 426 g/mol. The van der Waals surface area contributed by atoms with Crippen molar-refractivity contribution in [2.75, 3.05) is 38.2 Å². The zero-order valence-electron chi connectivity index (χ0n) is 21.7. The number of rotatable bonds is 14. The summed E-state index contributed by atoms with van der Waals surface area (Å²) in [5.41, 5.74) is 0. The molecule has 31 heavy (non-hydrogen) atoms. The van der Waals surface area contributed by atoms with Crippen molar-refractivity contribution in [2.24, 2.45) is 11.8 Å². The van der Waals surface area contributed by atoms with E-state index in [9.17, 15) is 4.79 Å². The fourth-order valence-electron chi connectivity index (χ4n) is 3.59. The monoisotopic (exact) mass is 479 g/mol. The molecule has 0 spiro atoms. The average Bonchev–Trinajstić information content (AvgIpc) is 2.84. The van der Waals surface area contributed by atoms with Gasteiger partial charge in [0.1, 0.15) is 6.79 Å². The van der Waals surface area contributed by atoms with Crippen LogP contribution in [0.3, 0.4) is 0 Å². The molecule has 188 valence electrons. The summed E-state index contributed by atoms with van der Waals surface area (Å²) in [4.78, 5) is 22.8. The lowest BCUT2D eigenvalue weighted by Gasteiger charge is -2.31. The van der Waals surface area contributed by atoms with Gasteiger partial charge < -0.3 is 14.4 Å². The number of esters is 1. The first-order chi connectivity index (χ1) is 15.2. The highest BCUT2D eigenvalue weighted by Crippen LogP contribution is 2.23. The smallest absolute Gasteiger partial charge is 0.308 e. The Morgan fingerprint density at radius 3 is 2.16 bits per heavy atom. The molecule has 1 aliphatic rings. The number of likely N-dealkylation sites (tertiary alicyclic amines) is 1. The Morgan fingerprint density at radius 1 is 1.03 bits per heavy atom. The van der Waals surface area contributed by atoms with Gasteiger partial charge in [-0.1, -0.05) is 82.4 Å². The molecule has 1 rings (SSSR count). The van der Waals surface area contributed by atoms with Crippen LogP contribution in [0, 0.1) is 11.8 Å². The van der Waals surface area contributed by atoms with Gasteiger partial charge in [-0.05, 0) is 63.8 Å². The lowest BCUT2D eigenvalue weighted by atomic mass is 9.92. The maximum atomic E-state index is 12.2. The van der Waals surface area contributed by atoms with Gasteiger partial charge >= 0.3 is 5.97 Å². The number of carbonyl (C=O) groups excluding carboxylic acids is 2. The van der Waals surface area contributed by atoms with Gasteiger partial charge in [-0.3, -0.25) is 4.79 Å². The van der Waals surface area contributed by atoms with E-state index in [1.165, 1.54) is 44.6 Å². The van der Waals surface area contributed by atoms with Gasteiger partial charge in [0.2, 0.25) is 0 Å². The van der Waals surface area contributed by atoms with Gasteiger partial charge in [-0.2, -0.15) is 0 Å². The summed E-state index contributed by atoms with van der Waals surface area (Å²) >= 11 is 0. The van der Waals surface area contributed by atoms with Crippen LogP contribution in [0.4, 0.5) is 0 Å². The Labute approximate surface area is 202 Å². The zero-order chi connectivity index (χ0) is 24.3. The predicted molar refractivity (Wildman–Crippen MR) is 143 cm³/mol. The molecule has 0 amide bonds. The van der Waals surface area contributed by atoms with Crippen LogP contribution in [0.25, 0.3) is 0 Å². The van der Waals surface area contributed by atoms with Crippen LogP contribution in [0.5, 0.6) is 0 Å². The molecule has 0 aromatic rings. The molecule has 1 aliphatic heterocycles. The highest BCUT2D eigenvalue weighted by molar-refractivity contribution is 8.76. The van der Waals surface area contributed by atoms with Crippen molar-refractivity contribution in [1.82, 2.24) is 4.90 Å². The quantitative estimate of drug-likeness (QED) is 0.146. The molecule has 1 atom stereocenters. The molecule has 0 aliphatic carbocycles. The number of hydrogen-bond acceptors (Lipinski definition) is 6. The lowest BCUT2D eigenvalue weighted by Crippen LogP contribution is -2.35. The molecule has 1 heterocycles. The van der Waals surface area contributed by atoms with Crippen molar-refractivity contribution in [3.05, 3.63) is 0 Å². The third-order valence-corrected chi connectivity index (χ3v) is 6.99. The van der Waals surface area contributed by atoms with Gasteiger partial charge in [0.25, 0.3) is 0 Å². The molecule has 1 unspecified atom stereocenters. The topological polar surface area (TPSA) is 46.6 Å². The van der Waals surface area contributed by atoms with Gasteiger partial charge in [-0.15, -0.1) is 0 Å². The van der Waals surface area contributed by atoms with Crippen LogP contribution in [-0.2, 0) is 14.3 Å². The van der Waals surface area contributed by atoms with Crippen LogP contribution in [0.2, 0.25) is 0 Å². The SMILES string of the molecule is C=O.CC.CC.CCCCC(CCC)C(=O)OCCCC1CCN(CCSSC)CC1. The molecular formula is C25H53NO3S2. The van der Waals surface area contributed by atoms with Crippen molar-refractivity contribution in [3.63, 3.8) is 0 Å². The van der Waals surface area contributed by atoms with Crippen molar-refractivity contribution in [1.29, 1.82) is 0 Å². The number of hydrogen-bond donors (Lipinski definition) is 0. The van der Waals surface area contributed by atoms with Gasteiger partial charge in [-0.25, -0.2) is 0 Å². The van der Waals surface area contributed by atoms with E-state index in [-0.39, 0.29) is 11.9 Å². The van der Waals surface area contributed by atoms with Gasteiger partial charge in [0.15, 0.2) is 0 Å². The normalized spacial score (nSPS) is 14.7. The fourth-order valence-corrected chi connectivity index (χ4v) is 4.81. The Balaban J connectivity index is -0.00000120. The maximum absolute atomic E-state index is 12.2. The predicted octanol–water partition coefficient (Wildman–Crippen LogP) is 7.51. The van der Waals surface area contributed by atoms with Crippen LogP contribution in [0.15, 0.2) is 0 Å². The zero-order valence-corrected chi connectivity index (χ0v) is 23.4. The molecule has 1 fully saturated rings. The molecule has 0 bridgehead atoms. The molecule has 0 aromatic heterocycles. The van der Waals surface area contributed by atoms with E-state index >= 15 is 0 Å². The molecule has 1 saturated heterocycles. The summed E-state index contributed by atoms with van der Waals surface area (Å²) in [6, 6.07) is 0. The minimum atomic E-state index is 0.0522. The summed E-state index contributed by atoms with van der Waals surface area (Å²) in [6.45, 7) is 18.7. The molecule has 0 radical (unpaired) electrons. The first-order valence-electron chi connectivity index (χ1n) is 12.5. The second-order valence-corrected chi connectivity index (χ2v) is 9.90. The molecule has 0 saturated carbocycles.